The molecule has 1 heterocycles. The second kappa shape index (κ2) is 4.99. The predicted molar refractivity (Wildman–Crippen MR) is 68.4 cm³/mol. The van der Waals surface area contributed by atoms with Crippen LogP contribution < -0.4 is 10.6 Å². The third-order valence-corrected chi connectivity index (χ3v) is 3.39. The van der Waals surface area contributed by atoms with Crippen LogP contribution in [0.25, 0.3) is 0 Å². The summed E-state index contributed by atoms with van der Waals surface area (Å²) in [6.45, 7) is 4.41. The van der Waals surface area contributed by atoms with E-state index >= 15 is 0 Å². The fourth-order valence-corrected chi connectivity index (χ4v) is 2.30. The van der Waals surface area contributed by atoms with Crippen molar-refractivity contribution in [2.75, 3.05) is 18.4 Å². The van der Waals surface area contributed by atoms with Crippen LogP contribution in [0.2, 0.25) is 0 Å². The van der Waals surface area contributed by atoms with E-state index in [1.165, 1.54) is 24.1 Å². The number of hydrogen-bond donors (Lipinski definition) is 2. The van der Waals surface area contributed by atoms with E-state index in [9.17, 15) is 0 Å². The number of benzene rings is 1. The van der Waals surface area contributed by atoms with Gasteiger partial charge in [0.05, 0.1) is 0 Å². The van der Waals surface area contributed by atoms with Gasteiger partial charge >= 0.3 is 0 Å². The summed E-state index contributed by atoms with van der Waals surface area (Å²) >= 11 is 3.51. The lowest BCUT2D eigenvalue weighted by Gasteiger charge is -2.25. The number of aryl methyl sites for hydroxylation is 1. The van der Waals surface area contributed by atoms with Crippen molar-refractivity contribution < 1.29 is 0 Å². The van der Waals surface area contributed by atoms with Crippen LogP contribution in [0.3, 0.4) is 0 Å². The second-order valence-corrected chi connectivity index (χ2v) is 5.04. The third-order valence-electron chi connectivity index (χ3n) is 2.90. The summed E-state index contributed by atoms with van der Waals surface area (Å²) < 4.78 is 1.14. The number of nitrogens with one attached hydrogen (secondary N) is 2. The molecule has 0 unspecified atom stereocenters. The number of piperidine rings is 1. The molecule has 0 aromatic heterocycles. The van der Waals surface area contributed by atoms with Gasteiger partial charge in [-0.05, 0) is 50.6 Å². The molecule has 0 radical (unpaired) electrons. The zero-order valence-corrected chi connectivity index (χ0v) is 10.6. The Morgan fingerprint density at radius 1 is 1.33 bits per heavy atom. The molecule has 1 aromatic rings. The molecule has 2 rings (SSSR count). The van der Waals surface area contributed by atoms with Crippen LogP contribution >= 0.6 is 15.9 Å². The van der Waals surface area contributed by atoms with Crippen molar-refractivity contribution in [2.24, 2.45) is 0 Å². The SMILES string of the molecule is Cc1ccc(Br)cc1NC1CCNCC1. The molecule has 0 saturated carbocycles. The molecule has 1 saturated heterocycles. The van der Waals surface area contributed by atoms with Crippen LogP contribution in [0, 0.1) is 6.92 Å². The number of anilines is 1. The van der Waals surface area contributed by atoms with Crippen molar-refractivity contribution >= 4 is 21.6 Å². The van der Waals surface area contributed by atoms with Gasteiger partial charge in [0, 0.05) is 16.2 Å². The van der Waals surface area contributed by atoms with E-state index in [0.29, 0.717) is 6.04 Å². The highest BCUT2D eigenvalue weighted by Crippen LogP contribution is 2.22. The molecule has 3 heteroatoms. The quantitative estimate of drug-likeness (QED) is 0.862. The number of hydrogen-bond acceptors (Lipinski definition) is 2. The van der Waals surface area contributed by atoms with Crippen molar-refractivity contribution in [1.82, 2.24) is 5.32 Å². The van der Waals surface area contributed by atoms with Crippen LogP contribution in [-0.4, -0.2) is 19.1 Å². The Balaban J connectivity index is 2.05. The van der Waals surface area contributed by atoms with Gasteiger partial charge in [-0.25, -0.2) is 0 Å². The summed E-state index contributed by atoms with van der Waals surface area (Å²) in [6.07, 6.45) is 2.43. The molecule has 2 nitrogen and oxygen atoms in total. The highest BCUT2D eigenvalue weighted by Gasteiger charge is 2.13. The first-order valence-electron chi connectivity index (χ1n) is 5.49. The highest BCUT2D eigenvalue weighted by atomic mass is 79.9. The van der Waals surface area contributed by atoms with Gasteiger partial charge in [-0.1, -0.05) is 22.0 Å². The Hall–Kier alpha value is -0.540. The predicted octanol–water partition coefficient (Wildman–Crippen LogP) is 2.92. The minimum absolute atomic E-state index is 0.624. The van der Waals surface area contributed by atoms with Gasteiger partial charge in [0.15, 0.2) is 0 Å². The molecule has 82 valence electrons. The number of halogens is 1. The summed E-state index contributed by atoms with van der Waals surface area (Å²) in [6, 6.07) is 7.02. The average molecular weight is 269 g/mol. The Bertz CT molecular complexity index is 332. The summed E-state index contributed by atoms with van der Waals surface area (Å²) in [5.41, 5.74) is 2.58. The lowest BCUT2D eigenvalue weighted by Crippen LogP contribution is -2.35. The van der Waals surface area contributed by atoms with Crippen molar-refractivity contribution in [3.05, 3.63) is 28.2 Å². The maximum absolute atomic E-state index is 3.62. The van der Waals surface area contributed by atoms with Crippen LogP contribution in [0.5, 0.6) is 0 Å². The maximum Gasteiger partial charge on any atom is 0.0383 e. The zero-order chi connectivity index (χ0) is 10.7. The fourth-order valence-electron chi connectivity index (χ4n) is 1.94. The second-order valence-electron chi connectivity index (χ2n) is 4.13. The molecule has 0 bridgehead atoms. The molecule has 1 aliphatic heterocycles. The van der Waals surface area contributed by atoms with Crippen molar-refractivity contribution in [1.29, 1.82) is 0 Å². The summed E-state index contributed by atoms with van der Waals surface area (Å²) in [5.74, 6) is 0. The zero-order valence-electron chi connectivity index (χ0n) is 9.02. The molecule has 0 spiro atoms. The minimum atomic E-state index is 0.624. The van der Waals surface area contributed by atoms with Crippen molar-refractivity contribution in [3.63, 3.8) is 0 Å². The lowest BCUT2D eigenvalue weighted by molar-refractivity contribution is 0.479. The van der Waals surface area contributed by atoms with E-state index in [0.717, 1.165) is 17.6 Å². The van der Waals surface area contributed by atoms with E-state index < -0.39 is 0 Å². The molecule has 0 aliphatic carbocycles. The molecule has 15 heavy (non-hydrogen) atoms. The van der Waals surface area contributed by atoms with Gasteiger partial charge < -0.3 is 10.6 Å². The first-order valence-corrected chi connectivity index (χ1v) is 6.28. The van der Waals surface area contributed by atoms with E-state index in [4.69, 9.17) is 0 Å². The van der Waals surface area contributed by atoms with E-state index in [2.05, 4.69) is 51.7 Å². The summed E-state index contributed by atoms with van der Waals surface area (Å²) in [4.78, 5) is 0. The molecule has 2 N–H and O–H groups in total. The normalized spacial score (nSPS) is 17.7. The van der Waals surface area contributed by atoms with Gasteiger partial charge in [-0.15, -0.1) is 0 Å². The van der Waals surface area contributed by atoms with Gasteiger partial charge in [0.25, 0.3) is 0 Å². The number of rotatable bonds is 2. The lowest BCUT2D eigenvalue weighted by atomic mass is 10.1. The highest BCUT2D eigenvalue weighted by molar-refractivity contribution is 9.10. The van der Waals surface area contributed by atoms with Crippen LogP contribution in [-0.2, 0) is 0 Å². The summed E-state index contributed by atoms with van der Waals surface area (Å²) in [7, 11) is 0. The van der Waals surface area contributed by atoms with Gasteiger partial charge in [-0.2, -0.15) is 0 Å². The first kappa shape index (κ1) is 11.0. The molecule has 0 atom stereocenters. The topological polar surface area (TPSA) is 24.1 Å². The maximum atomic E-state index is 3.62. The minimum Gasteiger partial charge on any atom is -0.382 e. The van der Waals surface area contributed by atoms with Gasteiger partial charge in [-0.3, -0.25) is 0 Å². The summed E-state index contributed by atoms with van der Waals surface area (Å²) in [5, 5.41) is 7.00. The Morgan fingerprint density at radius 2 is 2.07 bits per heavy atom. The van der Waals surface area contributed by atoms with Crippen LogP contribution in [0.15, 0.2) is 22.7 Å². The molecule has 0 amide bonds. The van der Waals surface area contributed by atoms with E-state index in [-0.39, 0.29) is 0 Å². The van der Waals surface area contributed by atoms with Gasteiger partial charge in [0.1, 0.15) is 0 Å². The van der Waals surface area contributed by atoms with E-state index in [1.807, 2.05) is 0 Å². The molecule has 1 aromatic carbocycles. The Labute approximate surface area is 99.6 Å². The Morgan fingerprint density at radius 3 is 2.80 bits per heavy atom. The third kappa shape index (κ3) is 2.95. The van der Waals surface area contributed by atoms with Crippen LogP contribution in [0.4, 0.5) is 5.69 Å². The van der Waals surface area contributed by atoms with Crippen LogP contribution in [0.1, 0.15) is 18.4 Å². The molecular formula is C12H17BrN2. The largest absolute Gasteiger partial charge is 0.382 e. The molecule has 1 aliphatic rings. The standard InChI is InChI=1S/C12H17BrN2/c1-9-2-3-10(13)8-12(9)15-11-4-6-14-7-5-11/h2-3,8,11,14-15H,4-7H2,1H3. The van der Waals surface area contributed by atoms with Crippen molar-refractivity contribution in [2.45, 2.75) is 25.8 Å². The van der Waals surface area contributed by atoms with Crippen molar-refractivity contribution in [3.8, 4) is 0 Å². The molecular weight excluding hydrogens is 252 g/mol. The smallest absolute Gasteiger partial charge is 0.0383 e. The molecule has 1 fully saturated rings. The van der Waals surface area contributed by atoms with Gasteiger partial charge in [0.2, 0.25) is 0 Å². The fraction of sp³-hybridized carbons (Fsp3) is 0.500. The van der Waals surface area contributed by atoms with E-state index in [1.54, 1.807) is 0 Å². The monoisotopic (exact) mass is 268 g/mol. The Kier molecular flexibility index (Phi) is 3.65. The first-order chi connectivity index (χ1) is 7.25. The average Bonchev–Trinajstić information content (AvgIpc) is 2.25.